The number of halogens is 2. The maximum Gasteiger partial charge on any atom is 0.178 e. The lowest BCUT2D eigenvalue weighted by Crippen LogP contribution is -2.66. The largest absolute Gasteiger partial charge is 0.390 e. The van der Waals surface area contributed by atoms with Gasteiger partial charge in [-0.25, -0.2) is 4.39 Å². The van der Waals surface area contributed by atoms with Gasteiger partial charge in [-0.15, -0.1) is 0 Å². The molecule has 24 heavy (non-hydrogen) atoms. The average molecular weight is 397 g/mol. The number of aliphatic hydroxyl groups is 1. The number of rotatable bonds is 0. The number of hydrogen-bond donors (Lipinski definition) is 1. The SMILES string of the molecule is C[C@]1(O)CC[C@H]2[C@@H]3CCC4=CC(=O)C=C[C@]4(C)[C@@]3(Br)[C@@H](F)C[C@@]21C. The first kappa shape index (κ1) is 17.0. The number of allylic oxidation sites excluding steroid dienone is 4. The molecule has 4 aliphatic rings. The van der Waals surface area contributed by atoms with Gasteiger partial charge in [0.25, 0.3) is 0 Å². The van der Waals surface area contributed by atoms with E-state index in [-0.39, 0.29) is 17.1 Å². The molecule has 0 heterocycles. The van der Waals surface area contributed by atoms with Gasteiger partial charge in [0.05, 0.1) is 9.93 Å². The number of carbonyl (C=O) groups is 1. The van der Waals surface area contributed by atoms with Crippen molar-refractivity contribution in [1.29, 1.82) is 0 Å². The maximum absolute atomic E-state index is 15.7. The lowest BCUT2D eigenvalue weighted by atomic mass is 9.46. The highest BCUT2D eigenvalue weighted by molar-refractivity contribution is 9.10. The van der Waals surface area contributed by atoms with Gasteiger partial charge < -0.3 is 5.11 Å². The van der Waals surface area contributed by atoms with Crippen LogP contribution < -0.4 is 0 Å². The monoisotopic (exact) mass is 396 g/mol. The van der Waals surface area contributed by atoms with Gasteiger partial charge in [-0.1, -0.05) is 41.4 Å². The minimum absolute atomic E-state index is 0.0110. The molecule has 3 saturated carbocycles. The molecule has 0 unspecified atom stereocenters. The van der Waals surface area contributed by atoms with E-state index >= 15 is 4.39 Å². The lowest BCUT2D eigenvalue weighted by molar-refractivity contribution is -0.127. The van der Waals surface area contributed by atoms with Gasteiger partial charge in [0.1, 0.15) is 6.17 Å². The zero-order valence-electron chi connectivity index (χ0n) is 14.6. The van der Waals surface area contributed by atoms with E-state index in [1.165, 1.54) is 0 Å². The molecular weight excluding hydrogens is 371 g/mol. The summed E-state index contributed by atoms with van der Waals surface area (Å²) in [6.07, 6.45) is 7.96. The molecule has 0 aromatic rings. The molecule has 3 fully saturated rings. The van der Waals surface area contributed by atoms with Crippen LogP contribution in [0.15, 0.2) is 23.8 Å². The Hall–Kier alpha value is -0.480. The summed E-state index contributed by atoms with van der Waals surface area (Å²) in [5.41, 5.74) is -0.593. The molecule has 0 aliphatic heterocycles. The molecule has 132 valence electrons. The molecule has 0 radical (unpaired) electrons. The van der Waals surface area contributed by atoms with E-state index < -0.39 is 21.5 Å². The zero-order valence-corrected chi connectivity index (χ0v) is 16.2. The summed E-state index contributed by atoms with van der Waals surface area (Å²) < 4.78 is 15.1. The van der Waals surface area contributed by atoms with Gasteiger partial charge in [-0.3, -0.25) is 4.79 Å². The van der Waals surface area contributed by atoms with Crippen molar-refractivity contribution in [2.24, 2.45) is 22.7 Å². The molecule has 1 N–H and O–H groups in total. The fourth-order valence-electron chi connectivity index (χ4n) is 6.37. The molecule has 0 saturated heterocycles. The third-order valence-electron chi connectivity index (χ3n) is 8.16. The first-order valence-electron chi connectivity index (χ1n) is 9.06. The van der Waals surface area contributed by atoms with Gasteiger partial charge in [0.15, 0.2) is 5.78 Å². The second-order valence-corrected chi connectivity index (χ2v) is 10.3. The number of hydrogen-bond acceptors (Lipinski definition) is 2. The molecule has 4 heteroatoms. The molecule has 4 aliphatic carbocycles. The molecule has 0 spiro atoms. The molecule has 2 nitrogen and oxygen atoms in total. The Morgan fingerprint density at radius 3 is 2.67 bits per heavy atom. The summed E-state index contributed by atoms with van der Waals surface area (Å²) in [7, 11) is 0. The minimum atomic E-state index is -1.06. The van der Waals surface area contributed by atoms with Gasteiger partial charge >= 0.3 is 0 Å². The standard InChI is InChI=1S/C20H26BrFO2/c1-17-8-6-13(23)10-12(17)4-5-15-14-7-9-19(3,24)18(14,2)11-16(22)20(15,17)21/h6,8,10,14-16,24H,4-5,7,9,11H2,1-3H3/t14-,15-,16-,17-,18-,19-,20-/m0/s1. The quantitative estimate of drug-likeness (QED) is 0.611. The zero-order chi connectivity index (χ0) is 17.5. The van der Waals surface area contributed by atoms with E-state index in [9.17, 15) is 9.90 Å². The third-order valence-corrected chi connectivity index (χ3v) is 10.1. The van der Waals surface area contributed by atoms with Crippen LogP contribution in [0, 0.1) is 22.7 Å². The Balaban J connectivity index is 1.84. The highest BCUT2D eigenvalue weighted by Crippen LogP contribution is 2.71. The Labute approximate surface area is 151 Å². The normalized spacial score (nSPS) is 56.3. The van der Waals surface area contributed by atoms with Crippen LogP contribution in [0.4, 0.5) is 4.39 Å². The van der Waals surface area contributed by atoms with E-state index in [0.717, 1.165) is 31.3 Å². The number of fused-ring (bicyclic) bond motifs is 5. The van der Waals surface area contributed by atoms with Crippen LogP contribution in [0.1, 0.15) is 52.9 Å². The summed E-state index contributed by atoms with van der Waals surface area (Å²) in [5, 5.41) is 10.9. The minimum Gasteiger partial charge on any atom is -0.390 e. The van der Waals surface area contributed by atoms with Crippen LogP contribution in [0.25, 0.3) is 0 Å². The molecule has 0 aromatic heterocycles. The van der Waals surface area contributed by atoms with Gasteiger partial charge in [0.2, 0.25) is 0 Å². The van der Waals surface area contributed by atoms with Crippen LogP contribution in [0.3, 0.4) is 0 Å². The Morgan fingerprint density at radius 2 is 1.96 bits per heavy atom. The van der Waals surface area contributed by atoms with Gasteiger partial charge in [-0.2, -0.15) is 0 Å². The predicted octanol–water partition coefficient (Wildman–Crippen LogP) is 4.51. The fraction of sp³-hybridized carbons (Fsp3) is 0.750. The smallest absolute Gasteiger partial charge is 0.178 e. The van der Waals surface area contributed by atoms with Crippen LogP contribution in [-0.4, -0.2) is 27.0 Å². The summed E-state index contributed by atoms with van der Waals surface area (Å²) >= 11 is 3.89. The predicted molar refractivity (Wildman–Crippen MR) is 95.7 cm³/mol. The summed E-state index contributed by atoms with van der Waals surface area (Å²) in [6, 6.07) is 0. The van der Waals surface area contributed by atoms with Crippen molar-refractivity contribution >= 4 is 21.7 Å². The van der Waals surface area contributed by atoms with Crippen molar-refractivity contribution in [2.45, 2.75) is 69.0 Å². The van der Waals surface area contributed by atoms with E-state index in [1.54, 1.807) is 12.2 Å². The second kappa shape index (κ2) is 4.82. The molecule has 7 atom stereocenters. The Kier molecular flexibility index (Phi) is 3.41. The van der Waals surface area contributed by atoms with Crippen molar-refractivity contribution in [2.75, 3.05) is 0 Å². The van der Waals surface area contributed by atoms with Gasteiger partial charge in [-0.05, 0) is 63.0 Å². The van der Waals surface area contributed by atoms with E-state index in [4.69, 9.17) is 0 Å². The van der Waals surface area contributed by atoms with E-state index in [1.807, 2.05) is 13.0 Å². The fourth-order valence-corrected chi connectivity index (χ4v) is 7.46. The van der Waals surface area contributed by atoms with E-state index in [0.29, 0.717) is 12.3 Å². The van der Waals surface area contributed by atoms with Gasteiger partial charge in [0, 0.05) is 10.8 Å². The average Bonchev–Trinajstić information content (AvgIpc) is 2.72. The maximum atomic E-state index is 15.7. The van der Waals surface area contributed by atoms with Crippen molar-refractivity contribution < 1.29 is 14.3 Å². The van der Waals surface area contributed by atoms with Crippen molar-refractivity contribution in [1.82, 2.24) is 0 Å². The van der Waals surface area contributed by atoms with Crippen LogP contribution in [0.2, 0.25) is 0 Å². The number of ketones is 1. The van der Waals surface area contributed by atoms with Crippen molar-refractivity contribution in [3.8, 4) is 0 Å². The summed E-state index contributed by atoms with van der Waals surface area (Å²) in [5.74, 6) is 0.486. The van der Waals surface area contributed by atoms with Crippen LogP contribution >= 0.6 is 15.9 Å². The summed E-state index contributed by atoms with van der Waals surface area (Å²) in [4.78, 5) is 11.8. The van der Waals surface area contributed by atoms with Crippen molar-refractivity contribution in [3.05, 3.63) is 23.8 Å². The molecular formula is C20H26BrFO2. The van der Waals surface area contributed by atoms with Crippen LogP contribution in [0.5, 0.6) is 0 Å². The molecule has 0 bridgehead atoms. The highest BCUT2D eigenvalue weighted by atomic mass is 79.9. The topological polar surface area (TPSA) is 37.3 Å². The Bertz CT molecular complexity index is 669. The number of carbonyl (C=O) groups excluding carboxylic acids is 1. The molecule has 0 aromatic carbocycles. The Morgan fingerprint density at radius 1 is 1.25 bits per heavy atom. The number of alkyl halides is 2. The van der Waals surface area contributed by atoms with Crippen molar-refractivity contribution in [3.63, 3.8) is 0 Å². The second-order valence-electron chi connectivity index (χ2n) is 9.03. The highest BCUT2D eigenvalue weighted by Gasteiger charge is 2.71. The lowest BCUT2D eigenvalue weighted by Gasteiger charge is -2.63. The first-order valence-corrected chi connectivity index (χ1v) is 9.85. The third kappa shape index (κ3) is 1.77. The molecule has 4 rings (SSSR count). The summed E-state index contributed by atoms with van der Waals surface area (Å²) in [6.45, 7) is 6.04. The van der Waals surface area contributed by atoms with E-state index in [2.05, 4.69) is 29.8 Å². The first-order chi connectivity index (χ1) is 11.1. The molecule has 0 amide bonds. The van der Waals surface area contributed by atoms with Crippen LogP contribution in [-0.2, 0) is 4.79 Å².